The van der Waals surface area contributed by atoms with Crippen molar-refractivity contribution in [2.75, 3.05) is 5.32 Å². The van der Waals surface area contributed by atoms with E-state index in [0.29, 0.717) is 17.1 Å². The fourth-order valence-corrected chi connectivity index (χ4v) is 3.06. The standard InChI is InChI=1S/C16H12N6O2S/c23-15(8-12-9-25-16(19-12)14-5-2-6-24-14)18-11-3-1-4-13(7-11)22-10-17-20-21-22/h1-7,9-10H,8H2,(H,18,23). The van der Waals surface area contributed by atoms with E-state index in [9.17, 15) is 4.79 Å². The lowest BCUT2D eigenvalue weighted by Crippen LogP contribution is -2.14. The third-order valence-corrected chi connectivity index (χ3v) is 4.27. The summed E-state index contributed by atoms with van der Waals surface area (Å²) in [6.45, 7) is 0. The maximum atomic E-state index is 12.3. The molecule has 9 heteroatoms. The Morgan fingerprint density at radius 1 is 1.28 bits per heavy atom. The van der Waals surface area contributed by atoms with Crippen molar-refractivity contribution < 1.29 is 9.21 Å². The summed E-state index contributed by atoms with van der Waals surface area (Å²) in [5.74, 6) is 0.552. The van der Waals surface area contributed by atoms with Gasteiger partial charge in [-0.15, -0.1) is 16.4 Å². The highest BCUT2D eigenvalue weighted by Crippen LogP contribution is 2.24. The highest BCUT2D eigenvalue weighted by atomic mass is 32.1. The quantitative estimate of drug-likeness (QED) is 0.593. The summed E-state index contributed by atoms with van der Waals surface area (Å²) >= 11 is 1.45. The molecular formula is C16H12N6O2S. The van der Waals surface area contributed by atoms with Crippen LogP contribution in [0.15, 0.2) is 58.8 Å². The molecule has 0 saturated carbocycles. The van der Waals surface area contributed by atoms with Gasteiger partial charge in [-0.3, -0.25) is 4.79 Å². The second-order valence-corrected chi connectivity index (χ2v) is 6.01. The number of amides is 1. The lowest BCUT2D eigenvalue weighted by molar-refractivity contribution is -0.115. The molecule has 0 spiro atoms. The van der Waals surface area contributed by atoms with E-state index in [2.05, 4.69) is 25.8 Å². The Hall–Kier alpha value is -3.33. The number of anilines is 1. The zero-order valence-corrected chi connectivity index (χ0v) is 13.7. The molecule has 3 heterocycles. The number of furan rings is 1. The summed E-state index contributed by atoms with van der Waals surface area (Å²) < 4.78 is 6.83. The van der Waals surface area contributed by atoms with Gasteiger partial charge in [0.25, 0.3) is 0 Å². The van der Waals surface area contributed by atoms with Gasteiger partial charge in [-0.2, -0.15) is 0 Å². The summed E-state index contributed by atoms with van der Waals surface area (Å²) in [7, 11) is 0. The Bertz CT molecular complexity index is 978. The third kappa shape index (κ3) is 3.45. The second kappa shape index (κ2) is 6.65. The SMILES string of the molecule is O=C(Cc1csc(-c2ccco2)n1)Nc1cccc(-n2cnnn2)c1. The first-order valence-electron chi connectivity index (χ1n) is 7.39. The third-order valence-electron chi connectivity index (χ3n) is 3.37. The van der Waals surface area contributed by atoms with Crippen molar-refractivity contribution in [2.45, 2.75) is 6.42 Å². The number of carbonyl (C=O) groups excluding carboxylic acids is 1. The highest BCUT2D eigenvalue weighted by Gasteiger charge is 2.11. The number of thiazole rings is 1. The van der Waals surface area contributed by atoms with E-state index >= 15 is 0 Å². The van der Waals surface area contributed by atoms with Crippen LogP contribution in [0, 0.1) is 0 Å². The van der Waals surface area contributed by atoms with Crippen LogP contribution in [0.25, 0.3) is 16.5 Å². The van der Waals surface area contributed by atoms with E-state index in [1.165, 1.54) is 22.3 Å². The largest absolute Gasteiger partial charge is 0.462 e. The number of benzene rings is 1. The summed E-state index contributed by atoms with van der Waals surface area (Å²) in [6.07, 6.45) is 3.28. The van der Waals surface area contributed by atoms with Gasteiger partial charge in [0, 0.05) is 11.1 Å². The van der Waals surface area contributed by atoms with Crippen LogP contribution in [0.2, 0.25) is 0 Å². The maximum Gasteiger partial charge on any atom is 0.230 e. The molecule has 0 saturated heterocycles. The van der Waals surface area contributed by atoms with Gasteiger partial charge in [-0.1, -0.05) is 6.07 Å². The normalized spacial score (nSPS) is 10.7. The Morgan fingerprint density at radius 2 is 2.24 bits per heavy atom. The summed E-state index contributed by atoms with van der Waals surface area (Å²) in [5.41, 5.74) is 2.13. The number of hydrogen-bond donors (Lipinski definition) is 1. The highest BCUT2D eigenvalue weighted by molar-refractivity contribution is 7.13. The minimum atomic E-state index is -0.148. The van der Waals surface area contributed by atoms with Crippen molar-refractivity contribution in [1.29, 1.82) is 0 Å². The Labute approximate surface area is 146 Å². The molecule has 4 aromatic rings. The number of nitrogens with one attached hydrogen (secondary N) is 1. The van der Waals surface area contributed by atoms with Gasteiger partial charge >= 0.3 is 0 Å². The smallest absolute Gasteiger partial charge is 0.230 e. The van der Waals surface area contributed by atoms with Crippen LogP contribution in [-0.2, 0) is 11.2 Å². The zero-order valence-electron chi connectivity index (χ0n) is 12.9. The van der Waals surface area contributed by atoms with Gasteiger partial charge in [0.05, 0.1) is 24.1 Å². The van der Waals surface area contributed by atoms with Gasteiger partial charge in [-0.05, 0) is 40.8 Å². The van der Waals surface area contributed by atoms with Gasteiger partial charge in [0.2, 0.25) is 5.91 Å². The molecule has 1 N–H and O–H groups in total. The van der Waals surface area contributed by atoms with Crippen molar-refractivity contribution in [1.82, 2.24) is 25.2 Å². The van der Waals surface area contributed by atoms with Gasteiger partial charge < -0.3 is 9.73 Å². The Kier molecular flexibility index (Phi) is 4.05. The summed E-state index contributed by atoms with van der Waals surface area (Å²) in [5, 5.41) is 16.5. The molecule has 124 valence electrons. The van der Waals surface area contributed by atoms with Crippen LogP contribution in [0.3, 0.4) is 0 Å². The first kappa shape index (κ1) is 15.2. The number of aromatic nitrogens is 5. The minimum absolute atomic E-state index is 0.148. The molecule has 8 nitrogen and oxygen atoms in total. The number of tetrazole rings is 1. The van der Waals surface area contributed by atoms with Crippen molar-refractivity contribution >= 4 is 22.9 Å². The molecule has 0 aliphatic carbocycles. The van der Waals surface area contributed by atoms with Gasteiger partial charge in [0.1, 0.15) is 6.33 Å². The lowest BCUT2D eigenvalue weighted by atomic mass is 10.2. The molecule has 1 aromatic carbocycles. The zero-order chi connectivity index (χ0) is 17.1. The maximum absolute atomic E-state index is 12.3. The number of hydrogen-bond acceptors (Lipinski definition) is 7. The molecule has 0 unspecified atom stereocenters. The Morgan fingerprint density at radius 3 is 3.04 bits per heavy atom. The first-order chi connectivity index (χ1) is 12.3. The average molecular weight is 352 g/mol. The molecule has 0 aliphatic rings. The van der Waals surface area contributed by atoms with Crippen LogP contribution in [0.5, 0.6) is 0 Å². The molecule has 0 radical (unpaired) electrons. The van der Waals surface area contributed by atoms with Gasteiger partial charge in [0.15, 0.2) is 10.8 Å². The second-order valence-electron chi connectivity index (χ2n) is 5.15. The molecule has 0 bridgehead atoms. The van der Waals surface area contributed by atoms with Crippen molar-refractivity contribution in [3.05, 3.63) is 60.1 Å². The molecule has 1 amide bonds. The number of carbonyl (C=O) groups is 1. The van der Waals surface area contributed by atoms with Crippen molar-refractivity contribution in [3.63, 3.8) is 0 Å². The van der Waals surface area contributed by atoms with E-state index in [-0.39, 0.29) is 12.3 Å². The molecule has 25 heavy (non-hydrogen) atoms. The fourth-order valence-electron chi connectivity index (χ4n) is 2.28. The predicted molar refractivity (Wildman–Crippen MR) is 91.3 cm³/mol. The molecule has 4 rings (SSSR count). The van der Waals surface area contributed by atoms with Crippen LogP contribution in [-0.4, -0.2) is 31.1 Å². The monoisotopic (exact) mass is 352 g/mol. The topological polar surface area (TPSA) is 98.7 Å². The van der Waals surface area contributed by atoms with E-state index in [1.54, 1.807) is 24.5 Å². The lowest BCUT2D eigenvalue weighted by Gasteiger charge is -2.06. The van der Waals surface area contributed by atoms with Crippen LogP contribution in [0.1, 0.15) is 5.69 Å². The molecule has 3 aromatic heterocycles. The van der Waals surface area contributed by atoms with Crippen LogP contribution in [0.4, 0.5) is 5.69 Å². The van der Waals surface area contributed by atoms with Gasteiger partial charge in [-0.25, -0.2) is 9.67 Å². The van der Waals surface area contributed by atoms with Crippen molar-refractivity contribution in [3.8, 4) is 16.5 Å². The van der Waals surface area contributed by atoms with Crippen LogP contribution < -0.4 is 5.32 Å². The van der Waals surface area contributed by atoms with E-state index < -0.39 is 0 Å². The fraction of sp³-hybridized carbons (Fsp3) is 0.0625. The first-order valence-corrected chi connectivity index (χ1v) is 8.27. The Balaban J connectivity index is 1.43. The number of rotatable bonds is 5. The van der Waals surface area contributed by atoms with E-state index in [0.717, 1.165) is 10.7 Å². The average Bonchev–Trinajstić information content (AvgIpc) is 3.37. The van der Waals surface area contributed by atoms with E-state index in [4.69, 9.17) is 4.42 Å². The minimum Gasteiger partial charge on any atom is -0.462 e. The molecule has 0 aliphatic heterocycles. The summed E-state index contributed by atoms with van der Waals surface area (Å²) in [6, 6.07) is 10.9. The van der Waals surface area contributed by atoms with Crippen LogP contribution >= 0.6 is 11.3 Å². The van der Waals surface area contributed by atoms with Crippen molar-refractivity contribution in [2.24, 2.45) is 0 Å². The molecule has 0 fully saturated rings. The molecule has 0 atom stereocenters. The molecular weight excluding hydrogens is 340 g/mol. The predicted octanol–water partition coefficient (Wildman–Crippen LogP) is 2.56. The number of nitrogens with zero attached hydrogens (tertiary/aromatic N) is 5. The van der Waals surface area contributed by atoms with E-state index in [1.807, 2.05) is 23.6 Å². The summed E-state index contributed by atoms with van der Waals surface area (Å²) in [4.78, 5) is 16.7.